The van der Waals surface area contributed by atoms with E-state index in [1.54, 1.807) is 27.7 Å². The average Bonchev–Trinajstić information content (AvgIpc) is 3.57. The molecule has 0 aromatic heterocycles. The lowest BCUT2D eigenvalue weighted by Gasteiger charge is -2.36. The maximum atomic E-state index is 14.3. The van der Waals surface area contributed by atoms with Crippen molar-refractivity contribution >= 4 is 29.8 Å². The standard InChI is InChI=1S/C37H50N4O7/c1-24(40(5)36(47)48-37(2,3)4)32(42)38-30(27-20-13-8-14-21-27)34(44)41-23-15-22-28(41)33(43)39-31(35(45)46)29(25-16-9-6-10-17-25)26-18-11-7-12-19-26/h6-7,9-12,16-19,24,27-31H,8,13-15,20-23H2,1-5H3,(H,38,42)(H,39,43)(H,45,46)/t24?,28-,30?,31?/m0/s1. The maximum Gasteiger partial charge on any atom is 0.410 e. The number of carbonyl (C=O) groups excluding carboxylic acids is 4. The number of nitrogens with zero attached hydrogens (tertiary/aromatic N) is 2. The maximum absolute atomic E-state index is 14.3. The van der Waals surface area contributed by atoms with Crippen LogP contribution in [0.4, 0.5) is 4.79 Å². The van der Waals surface area contributed by atoms with E-state index in [0.29, 0.717) is 19.4 Å². The molecule has 2 aromatic carbocycles. The molecule has 4 rings (SSSR count). The Kier molecular flexibility index (Phi) is 12.2. The van der Waals surface area contributed by atoms with Gasteiger partial charge in [0.1, 0.15) is 29.8 Å². The lowest BCUT2D eigenvalue weighted by Crippen LogP contribution is -2.59. The number of likely N-dealkylation sites (tertiary alicyclic amines) is 1. The molecule has 3 N–H and O–H groups in total. The molecular formula is C37H50N4O7. The van der Waals surface area contributed by atoms with Gasteiger partial charge in [-0.3, -0.25) is 19.3 Å². The van der Waals surface area contributed by atoms with Gasteiger partial charge in [0, 0.05) is 19.5 Å². The second kappa shape index (κ2) is 16.1. The van der Waals surface area contributed by atoms with E-state index >= 15 is 0 Å². The highest BCUT2D eigenvalue weighted by Gasteiger charge is 2.43. The average molecular weight is 663 g/mol. The number of carboxylic acids is 1. The van der Waals surface area contributed by atoms with Gasteiger partial charge < -0.3 is 25.4 Å². The number of hydrogen-bond acceptors (Lipinski definition) is 6. The quantitative estimate of drug-likeness (QED) is 0.316. The van der Waals surface area contributed by atoms with E-state index in [0.717, 1.165) is 43.2 Å². The zero-order valence-corrected chi connectivity index (χ0v) is 28.7. The van der Waals surface area contributed by atoms with Crippen LogP contribution in [0.1, 0.15) is 89.7 Å². The van der Waals surface area contributed by atoms with Gasteiger partial charge in [-0.2, -0.15) is 0 Å². The highest BCUT2D eigenvalue weighted by Crippen LogP contribution is 2.31. The molecule has 0 bridgehead atoms. The second-order valence-corrected chi connectivity index (χ2v) is 14.0. The number of nitrogens with one attached hydrogen (secondary N) is 2. The van der Waals surface area contributed by atoms with Crippen molar-refractivity contribution in [3.63, 3.8) is 0 Å². The fourth-order valence-electron chi connectivity index (χ4n) is 6.71. The summed E-state index contributed by atoms with van der Waals surface area (Å²) in [7, 11) is 1.48. The Morgan fingerprint density at radius 3 is 1.94 bits per heavy atom. The lowest BCUT2D eigenvalue weighted by atomic mass is 9.83. The summed E-state index contributed by atoms with van der Waals surface area (Å²) in [4.78, 5) is 69.9. The molecule has 4 amide bonds. The third-order valence-electron chi connectivity index (χ3n) is 9.38. The Hall–Kier alpha value is -4.41. The number of likely N-dealkylation sites (N-methyl/N-ethyl adjacent to an activating group) is 1. The number of rotatable bonds is 11. The normalized spacial score (nSPS) is 18.8. The number of aliphatic carboxylic acids is 1. The van der Waals surface area contributed by atoms with Crippen LogP contribution in [0.15, 0.2) is 60.7 Å². The number of carbonyl (C=O) groups is 5. The van der Waals surface area contributed by atoms with E-state index < -0.39 is 59.6 Å². The van der Waals surface area contributed by atoms with Crippen molar-refractivity contribution in [2.24, 2.45) is 5.92 Å². The van der Waals surface area contributed by atoms with Crippen LogP contribution in [-0.2, 0) is 23.9 Å². The van der Waals surface area contributed by atoms with E-state index in [-0.39, 0.29) is 11.8 Å². The molecule has 11 nitrogen and oxygen atoms in total. The van der Waals surface area contributed by atoms with E-state index in [4.69, 9.17) is 4.74 Å². The van der Waals surface area contributed by atoms with Gasteiger partial charge in [0.2, 0.25) is 17.7 Å². The van der Waals surface area contributed by atoms with Crippen molar-refractivity contribution in [2.75, 3.05) is 13.6 Å². The van der Waals surface area contributed by atoms with Gasteiger partial charge in [0.25, 0.3) is 0 Å². The van der Waals surface area contributed by atoms with E-state index in [9.17, 15) is 29.1 Å². The van der Waals surface area contributed by atoms with E-state index in [1.165, 1.54) is 16.8 Å². The minimum Gasteiger partial charge on any atom is -0.480 e. The van der Waals surface area contributed by atoms with Crippen molar-refractivity contribution < 1.29 is 33.8 Å². The molecule has 1 heterocycles. The first-order valence-corrected chi connectivity index (χ1v) is 17.0. The summed E-state index contributed by atoms with van der Waals surface area (Å²) >= 11 is 0. The third-order valence-corrected chi connectivity index (χ3v) is 9.38. The van der Waals surface area contributed by atoms with Crippen LogP contribution < -0.4 is 10.6 Å². The molecule has 11 heteroatoms. The van der Waals surface area contributed by atoms with Crippen LogP contribution in [0, 0.1) is 5.92 Å². The molecule has 1 aliphatic heterocycles. The van der Waals surface area contributed by atoms with E-state index in [2.05, 4.69) is 10.6 Å². The van der Waals surface area contributed by atoms with Gasteiger partial charge in [-0.25, -0.2) is 9.59 Å². The van der Waals surface area contributed by atoms with Crippen LogP contribution in [0.2, 0.25) is 0 Å². The molecule has 4 atom stereocenters. The minimum absolute atomic E-state index is 0.133. The molecule has 1 saturated carbocycles. The van der Waals surface area contributed by atoms with Crippen molar-refractivity contribution in [1.82, 2.24) is 20.4 Å². The Morgan fingerprint density at radius 1 is 0.854 bits per heavy atom. The summed E-state index contributed by atoms with van der Waals surface area (Å²) in [5.41, 5.74) is 0.734. The molecular weight excluding hydrogens is 612 g/mol. The number of amides is 4. The second-order valence-electron chi connectivity index (χ2n) is 14.0. The van der Waals surface area contributed by atoms with E-state index in [1.807, 2.05) is 60.7 Å². The SMILES string of the molecule is CC(C(=O)NC(C(=O)N1CCC[C@H]1C(=O)NC(C(=O)O)C(c1ccccc1)c1ccccc1)C1CCCCC1)N(C)C(=O)OC(C)(C)C. The summed E-state index contributed by atoms with van der Waals surface area (Å²) in [6.07, 6.45) is 4.64. The Bertz CT molecular complexity index is 1380. The molecule has 0 radical (unpaired) electrons. The Morgan fingerprint density at radius 2 is 1.42 bits per heavy atom. The van der Waals surface area contributed by atoms with Gasteiger partial charge in [-0.15, -0.1) is 0 Å². The highest BCUT2D eigenvalue weighted by molar-refractivity contribution is 5.95. The highest BCUT2D eigenvalue weighted by atomic mass is 16.6. The molecule has 2 aliphatic rings. The zero-order valence-electron chi connectivity index (χ0n) is 28.7. The van der Waals surface area contributed by atoms with Gasteiger partial charge >= 0.3 is 12.1 Å². The summed E-state index contributed by atoms with van der Waals surface area (Å²) in [5.74, 6) is -3.39. The predicted octanol–water partition coefficient (Wildman–Crippen LogP) is 4.70. The predicted molar refractivity (Wildman–Crippen MR) is 181 cm³/mol. The van der Waals surface area contributed by atoms with Crippen molar-refractivity contribution in [3.05, 3.63) is 71.8 Å². The zero-order chi connectivity index (χ0) is 35.0. The molecule has 3 unspecified atom stereocenters. The monoisotopic (exact) mass is 662 g/mol. The molecule has 260 valence electrons. The number of hydrogen-bond donors (Lipinski definition) is 3. The van der Waals surface area contributed by atoms with Gasteiger partial charge in [-0.1, -0.05) is 79.9 Å². The summed E-state index contributed by atoms with van der Waals surface area (Å²) in [6, 6.07) is 14.4. The molecule has 2 aromatic rings. The molecule has 0 spiro atoms. The number of ether oxygens (including phenoxy) is 1. The molecule has 48 heavy (non-hydrogen) atoms. The summed E-state index contributed by atoms with van der Waals surface area (Å²) < 4.78 is 5.43. The lowest BCUT2D eigenvalue weighted by molar-refractivity contribution is -0.146. The van der Waals surface area contributed by atoms with Crippen molar-refractivity contribution in [2.45, 2.75) is 108 Å². The molecule has 2 fully saturated rings. The fourth-order valence-corrected chi connectivity index (χ4v) is 6.71. The first-order chi connectivity index (χ1) is 22.8. The molecule has 1 aliphatic carbocycles. The van der Waals surface area contributed by atoms with Gasteiger partial charge in [0.15, 0.2) is 0 Å². The minimum atomic E-state index is -1.29. The van der Waals surface area contributed by atoms with Crippen LogP contribution in [-0.4, -0.2) is 88.1 Å². The Labute approximate surface area is 283 Å². The third kappa shape index (κ3) is 9.14. The smallest absolute Gasteiger partial charge is 0.410 e. The number of carboxylic acid groups (broad SMARTS) is 1. The van der Waals surface area contributed by atoms with Crippen LogP contribution in [0.3, 0.4) is 0 Å². The number of benzene rings is 2. The van der Waals surface area contributed by atoms with Crippen molar-refractivity contribution in [3.8, 4) is 0 Å². The summed E-state index contributed by atoms with van der Waals surface area (Å²) in [5, 5.41) is 16.1. The van der Waals surface area contributed by atoms with Gasteiger partial charge in [0.05, 0.1) is 0 Å². The topological polar surface area (TPSA) is 145 Å². The fraction of sp³-hybridized carbons (Fsp3) is 0.541. The first-order valence-electron chi connectivity index (χ1n) is 17.0. The van der Waals surface area contributed by atoms with Crippen LogP contribution in [0.5, 0.6) is 0 Å². The van der Waals surface area contributed by atoms with Crippen LogP contribution in [0.25, 0.3) is 0 Å². The van der Waals surface area contributed by atoms with Crippen molar-refractivity contribution in [1.29, 1.82) is 0 Å². The van der Waals surface area contributed by atoms with Gasteiger partial charge in [-0.05, 0) is 70.4 Å². The molecule has 1 saturated heterocycles. The largest absolute Gasteiger partial charge is 0.480 e. The first kappa shape index (κ1) is 36.4. The van der Waals surface area contributed by atoms with Crippen LogP contribution >= 0.6 is 0 Å². The Balaban J connectivity index is 1.55. The summed E-state index contributed by atoms with van der Waals surface area (Å²) in [6.45, 7) is 7.11.